The maximum absolute atomic E-state index is 13.5. The van der Waals surface area contributed by atoms with Crippen molar-refractivity contribution in [2.24, 2.45) is 0 Å². The van der Waals surface area contributed by atoms with Crippen LogP contribution < -0.4 is 10.6 Å². The van der Waals surface area contributed by atoms with Crippen molar-refractivity contribution in [3.8, 4) is 0 Å². The zero-order valence-corrected chi connectivity index (χ0v) is 14.5. The smallest absolute Gasteiger partial charge is 0.254 e. The molecular formula is C18H18F2N2O2S. The molecule has 0 unspecified atom stereocenters. The summed E-state index contributed by atoms with van der Waals surface area (Å²) < 4.78 is 26.3. The Bertz CT molecular complexity index is 768. The van der Waals surface area contributed by atoms with Crippen LogP contribution in [0, 0.1) is 11.6 Å². The van der Waals surface area contributed by atoms with Crippen molar-refractivity contribution < 1.29 is 18.4 Å². The molecule has 2 aromatic rings. The Morgan fingerprint density at radius 2 is 1.88 bits per heavy atom. The number of carbonyl (C=O) groups excluding carboxylic acids is 2. The van der Waals surface area contributed by atoms with Gasteiger partial charge in [-0.15, -0.1) is 11.8 Å². The minimum absolute atomic E-state index is 0.163. The molecule has 0 aliphatic carbocycles. The van der Waals surface area contributed by atoms with Gasteiger partial charge in [0.25, 0.3) is 5.91 Å². The summed E-state index contributed by atoms with van der Waals surface area (Å²) in [5.74, 6) is -2.45. The summed E-state index contributed by atoms with van der Waals surface area (Å²) in [6.45, 7) is 0.216. The van der Waals surface area contributed by atoms with Gasteiger partial charge in [-0.1, -0.05) is 12.1 Å². The van der Waals surface area contributed by atoms with E-state index in [-0.39, 0.29) is 24.4 Å². The van der Waals surface area contributed by atoms with E-state index in [4.69, 9.17) is 0 Å². The quantitative estimate of drug-likeness (QED) is 0.580. The summed E-state index contributed by atoms with van der Waals surface area (Å²) in [6, 6.07) is 10.2. The van der Waals surface area contributed by atoms with Crippen LogP contribution in [0.15, 0.2) is 47.4 Å². The molecule has 4 nitrogen and oxygen atoms in total. The highest BCUT2D eigenvalue weighted by atomic mass is 32.2. The lowest BCUT2D eigenvalue weighted by Crippen LogP contribution is -2.26. The topological polar surface area (TPSA) is 58.2 Å². The Morgan fingerprint density at radius 3 is 2.60 bits per heavy atom. The van der Waals surface area contributed by atoms with Crippen LogP contribution in [0.4, 0.5) is 14.5 Å². The summed E-state index contributed by atoms with van der Waals surface area (Å²) in [5, 5.41) is 5.34. The standard InChI is InChI=1S/C18H18F2N2O2S/c1-25-16-6-3-2-5-15(16)22-17(23)7-4-10-21-18(24)13-9-8-12(19)11-14(13)20/h2-3,5-6,8-9,11H,4,7,10H2,1H3,(H,21,24)(H,22,23). The first-order valence-electron chi connectivity index (χ1n) is 7.67. The van der Waals surface area contributed by atoms with Gasteiger partial charge in [-0.25, -0.2) is 8.78 Å². The van der Waals surface area contributed by atoms with Crippen molar-refractivity contribution in [1.82, 2.24) is 5.32 Å². The van der Waals surface area contributed by atoms with Gasteiger partial charge in [-0.3, -0.25) is 9.59 Å². The fourth-order valence-electron chi connectivity index (χ4n) is 2.18. The van der Waals surface area contributed by atoms with E-state index < -0.39 is 17.5 Å². The number of thioether (sulfide) groups is 1. The van der Waals surface area contributed by atoms with Gasteiger partial charge in [0, 0.05) is 23.9 Å². The van der Waals surface area contributed by atoms with Gasteiger partial charge >= 0.3 is 0 Å². The van der Waals surface area contributed by atoms with Gasteiger partial charge in [0.05, 0.1) is 11.3 Å². The first kappa shape index (κ1) is 18.9. The van der Waals surface area contributed by atoms with E-state index in [9.17, 15) is 18.4 Å². The highest BCUT2D eigenvalue weighted by Crippen LogP contribution is 2.24. The molecule has 0 radical (unpaired) electrons. The average molecular weight is 364 g/mol. The molecule has 2 amide bonds. The molecule has 2 aromatic carbocycles. The van der Waals surface area contributed by atoms with Crippen molar-refractivity contribution in [1.29, 1.82) is 0 Å². The zero-order valence-electron chi connectivity index (χ0n) is 13.6. The zero-order chi connectivity index (χ0) is 18.2. The monoisotopic (exact) mass is 364 g/mol. The molecule has 2 N–H and O–H groups in total. The third-order valence-corrected chi connectivity index (χ3v) is 4.22. The number of hydrogen-bond acceptors (Lipinski definition) is 3. The minimum Gasteiger partial charge on any atom is -0.352 e. The molecule has 0 spiro atoms. The predicted molar refractivity (Wildman–Crippen MR) is 94.8 cm³/mol. The van der Waals surface area contributed by atoms with Crippen molar-refractivity contribution in [3.63, 3.8) is 0 Å². The number of nitrogens with one attached hydrogen (secondary N) is 2. The summed E-state index contributed by atoms with van der Waals surface area (Å²) in [7, 11) is 0. The maximum atomic E-state index is 13.5. The minimum atomic E-state index is -0.913. The van der Waals surface area contributed by atoms with Gasteiger partial charge < -0.3 is 10.6 Å². The second-order valence-corrected chi connectivity index (χ2v) is 6.08. The molecule has 2 rings (SSSR count). The molecule has 0 saturated heterocycles. The van der Waals surface area contributed by atoms with Crippen LogP contribution in [0.25, 0.3) is 0 Å². The van der Waals surface area contributed by atoms with Crippen LogP contribution in [0.1, 0.15) is 23.2 Å². The lowest BCUT2D eigenvalue weighted by atomic mass is 10.2. The van der Waals surface area contributed by atoms with Crippen molar-refractivity contribution in [3.05, 3.63) is 59.7 Å². The number of anilines is 1. The van der Waals surface area contributed by atoms with Crippen LogP contribution in [0.5, 0.6) is 0 Å². The maximum Gasteiger partial charge on any atom is 0.254 e. The van der Waals surface area contributed by atoms with Crippen LogP contribution >= 0.6 is 11.8 Å². The van der Waals surface area contributed by atoms with E-state index in [0.29, 0.717) is 12.5 Å². The van der Waals surface area contributed by atoms with Crippen molar-refractivity contribution >= 4 is 29.3 Å². The van der Waals surface area contributed by atoms with E-state index >= 15 is 0 Å². The number of carbonyl (C=O) groups is 2. The second kappa shape index (κ2) is 9.17. The normalized spacial score (nSPS) is 10.4. The first-order chi connectivity index (χ1) is 12.0. The lowest BCUT2D eigenvalue weighted by molar-refractivity contribution is -0.116. The summed E-state index contributed by atoms with van der Waals surface area (Å²) in [5.41, 5.74) is 0.525. The molecule has 0 saturated carbocycles. The van der Waals surface area contributed by atoms with Crippen LogP contribution in [-0.4, -0.2) is 24.6 Å². The van der Waals surface area contributed by atoms with Gasteiger partial charge in [0.15, 0.2) is 0 Å². The number of halogens is 2. The fraction of sp³-hybridized carbons (Fsp3) is 0.222. The van der Waals surface area contributed by atoms with Crippen LogP contribution in [-0.2, 0) is 4.79 Å². The van der Waals surface area contributed by atoms with Crippen molar-refractivity contribution in [2.45, 2.75) is 17.7 Å². The Balaban J connectivity index is 1.77. The fourth-order valence-corrected chi connectivity index (χ4v) is 2.73. The molecule has 0 heterocycles. The highest BCUT2D eigenvalue weighted by molar-refractivity contribution is 7.98. The van der Waals surface area contributed by atoms with Gasteiger partial charge in [-0.05, 0) is 36.9 Å². The van der Waals surface area contributed by atoms with Crippen LogP contribution in [0.3, 0.4) is 0 Å². The SMILES string of the molecule is CSc1ccccc1NC(=O)CCCNC(=O)c1ccc(F)cc1F. The molecule has 0 aliphatic rings. The van der Waals surface area contributed by atoms with Gasteiger partial charge in [0.1, 0.15) is 11.6 Å². The molecule has 132 valence electrons. The van der Waals surface area contributed by atoms with E-state index in [1.165, 1.54) is 11.8 Å². The lowest BCUT2D eigenvalue weighted by Gasteiger charge is -2.09. The number of hydrogen-bond donors (Lipinski definition) is 2. The third kappa shape index (κ3) is 5.56. The average Bonchev–Trinajstić information content (AvgIpc) is 2.59. The molecule has 0 fully saturated rings. The molecule has 0 aromatic heterocycles. The van der Waals surface area contributed by atoms with E-state index in [1.54, 1.807) is 0 Å². The van der Waals surface area contributed by atoms with Crippen molar-refractivity contribution in [2.75, 3.05) is 18.1 Å². The molecule has 0 aliphatic heterocycles. The Hall–Kier alpha value is -2.41. The number of para-hydroxylation sites is 1. The largest absolute Gasteiger partial charge is 0.352 e. The summed E-state index contributed by atoms with van der Waals surface area (Å²) in [6.07, 6.45) is 2.55. The third-order valence-electron chi connectivity index (χ3n) is 3.42. The number of rotatable bonds is 7. The molecule has 25 heavy (non-hydrogen) atoms. The number of benzene rings is 2. The molecule has 7 heteroatoms. The molecular weight excluding hydrogens is 346 g/mol. The van der Waals surface area contributed by atoms with Crippen LogP contribution in [0.2, 0.25) is 0 Å². The molecule has 0 atom stereocenters. The predicted octanol–water partition coefficient (Wildman–Crippen LogP) is 3.84. The highest BCUT2D eigenvalue weighted by Gasteiger charge is 2.12. The number of amides is 2. The van der Waals surface area contributed by atoms with E-state index in [0.717, 1.165) is 22.7 Å². The summed E-state index contributed by atoms with van der Waals surface area (Å²) in [4.78, 5) is 24.7. The first-order valence-corrected chi connectivity index (χ1v) is 8.90. The van der Waals surface area contributed by atoms with E-state index in [2.05, 4.69) is 10.6 Å². The van der Waals surface area contributed by atoms with E-state index in [1.807, 2.05) is 30.5 Å². The Kier molecular flexibility index (Phi) is 6.94. The van der Waals surface area contributed by atoms with Gasteiger partial charge in [0.2, 0.25) is 5.91 Å². The van der Waals surface area contributed by atoms with Gasteiger partial charge in [-0.2, -0.15) is 0 Å². The Morgan fingerprint density at radius 1 is 1.12 bits per heavy atom. The Labute approximate surface area is 149 Å². The summed E-state index contributed by atoms with van der Waals surface area (Å²) >= 11 is 1.54. The second-order valence-electron chi connectivity index (χ2n) is 5.23. The molecule has 0 bridgehead atoms.